The lowest BCUT2D eigenvalue weighted by atomic mass is 10.1. The Labute approximate surface area is 142 Å². The van der Waals surface area contributed by atoms with E-state index in [1.54, 1.807) is 23.6 Å². The summed E-state index contributed by atoms with van der Waals surface area (Å²) in [5.41, 5.74) is 3.59. The Morgan fingerprint density at radius 3 is 2.46 bits per heavy atom. The number of H-pyrrole nitrogens is 1. The lowest BCUT2D eigenvalue weighted by molar-refractivity contribution is -0.127. The number of carbonyl (C=O) groups excluding carboxylic acids is 1. The predicted octanol–water partition coefficient (Wildman–Crippen LogP) is 1.51. The van der Waals surface area contributed by atoms with E-state index >= 15 is 0 Å². The Balaban J connectivity index is 1.84. The van der Waals surface area contributed by atoms with Gasteiger partial charge >= 0.3 is 5.69 Å². The van der Waals surface area contributed by atoms with Crippen molar-refractivity contribution in [3.05, 3.63) is 64.1 Å². The number of carbonyl (C=O) groups is 1. The summed E-state index contributed by atoms with van der Waals surface area (Å²) in [6.07, 6.45) is 0.386. The molecule has 24 heavy (non-hydrogen) atoms. The standard InChI is InChI=1S/C18H20N3O2P/c1-20(2)17(22)9-12-3-5-13(6-4-12)11-21-16-10-14(24)7-8-15(16)19-18(21)23/h3-8,10H,9,11,24H2,1-2H3,(H,19,23). The minimum absolute atomic E-state index is 0.0728. The molecule has 0 spiro atoms. The molecule has 3 rings (SSSR count). The molecule has 124 valence electrons. The third-order valence-electron chi connectivity index (χ3n) is 4.02. The van der Waals surface area contributed by atoms with Gasteiger partial charge in [0, 0.05) is 14.1 Å². The van der Waals surface area contributed by atoms with Gasteiger partial charge in [0.15, 0.2) is 0 Å². The number of nitrogens with zero attached hydrogens (tertiary/aromatic N) is 2. The first-order valence-corrected chi connectivity index (χ1v) is 8.28. The Morgan fingerprint density at radius 1 is 1.12 bits per heavy atom. The van der Waals surface area contributed by atoms with E-state index in [-0.39, 0.29) is 11.6 Å². The molecule has 0 aliphatic rings. The minimum Gasteiger partial charge on any atom is -0.349 e. The Hall–Kier alpha value is -2.39. The van der Waals surface area contributed by atoms with Crippen LogP contribution in [0, 0.1) is 0 Å². The van der Waals surface area contributed by atoms with Crippen molar-refractivity contribution in [3.8, 4) is 0 Å². The topological polar surface area (TPSA) is 58.1 Å². The number of hydrogen-bond acceptors (Lipinski definition) is 2. The molecule has 6 heteroatoms. The van der Waals surface area contributed by atoms with Crippen LogP contribution in [0.1, 0.15) is 11.1 Å². The van der Waals surface area contributed by atoms with Crippen molar-refractivity contribution >= 4 is 31.5 Å². The zero-order valence-corrected chi connectivity index (χ0v) is 14.9. The van der Waals surface area contributed by atoms with Crippen molar-refractivity contribution in [2.24, 2.45) is 0 Å². The first-order valence-electron chi connectivity index (χ1n) is 7.70. The SMILES string of the molecule is CN(C)C(=O)Cc1ccc(Cn2c(=O)[nH]c3ccc(P)cc32)cc1. The number of nitrogens with one attached hydrogen (secondary N) is 1. The molecule has 3 aromatic rings. The first kappa shape index (κ1) is 16.5. The first-order chi connectivity index (χ1) is 11.4. The molecule has 0 aliphatic heterocycles. The molecule has 0 aliphatic carbocycles. The molecule has 0 radical (unpaired) electrons. The molecule has 1 N–H and O–H groups in total. The molecular weight excluding hydrogens is 321 g/mol. The van der Waals surface area contributed by atoms with Crippen LogP contribution in [0.25, 0.3) is 11.0 Å². The predicted molar refractivity (Wildman–Crippen MR) is 99.8 cm³/mol. The zero-order chi connectivity index (χ0) is 17.3. The van der Waals surface area contributed by atoms with Gasteiger partial charge in [0.05, 0.1) is 24.0 Å². The van der Waals surface area contributed by atoms with Gasteiger partial charge in [0.2, 0.25) is 5.91 Å². The Kier molecular flexibility index (Phi) is 4.54. The highest BCUT2D eigenvalue weighted by molar-refractivity contribution is 7.27. The van der Waals surface area contributed by atoms with Gasteiger partial charge in [-0.05, 0) is 28.6 Å². The molecular formula is C18H20N3O2P. The van der Waals surface area contributed by atoms with Gasteiger partial charge in [-0.1, -0.05) is 30.3 Å². The minimum atomic E-state index is -0.118. The quantitative estimate of drug-likeness (QED) is 0.732. The van der Waals surface area contributed by atoms with E-state index in [1.165, 1.54) is 0 Å². The lowest BCUT2D eigenvalue weighted by Gasteiger charge is -2.10. The number of fused-ring (bicyclic) bond motifs is 1. The van der Waals surface area contributed by atoms with Crippen LogP contribution < -0.4 is 11.0 Å². The highest BCUT2D eigenvalue weighted by Gasteiger charge is 2.09. The molecule has 1 amide bonds. The van der Waals surface area contributed by atoms with Gasteiger partial charge in [-0.3, -0.25) is 9.36 Å². The van der Waals surface area contributed by atoms with E-state index < -0.39 is 0 Å². The van der Waals surface area contributed by atoms with E-state index in [0.29, 0.717) is 13.0 Å². The van der Waals surface area contributed by atoms with Crippen LogP contribution in [-0.4, -0.2) is 34.5 Å². The van der Waals surface area contributed by atoms with Crippen molar-refractivity contribution in [1.29, 1.82) is 0 Å². The highest BCUT2D eigenvalue weighted by Crippen LogP contribution is 2.13. The molecule has 0 saturated carbocycles. The van der Waals surface area contributed by atoms with E-state index in [2.05, 4.69) is 14.2 Å². The van der Waals surface area contributed by atoms with Crippen molar-refractivity contribution in [3.63, 3.8) is 0 Å². The normalized spacial score (nSPS) is 11.0. The van der Waals surface area contributed by atoms with Gasteiger partial charge in [-0.2, -0.15) is 0 Å². The van der Waals surface area contributed by atoms with Crippen molar-refractivity contribution in [2.45, 2.75) is 13.0 Å². The van der Waals surface area contributed by atoms with Gasteiger partial charge in [0.1, 0.15) is 0 Å². The van der Waals surface area contributed by atoms with Crippen molar-refractivity contribution in [2.75, 3.05) is 14.1 Å². The van der Waals surface area contributed by atoms with Crippen LogP contribution in [-0.2, 0) is 17.8 Å². The number of benzene rings is 2. The highest BCUT2D eigenvalue weighted by atomic mass is 31.0. The summed E-state index contributed by atoms with van der Waals surface area (Å²) < 4.78 is 1.73. The van der Waals surface area contributed by atoms with Gasteiger partial charge < -0.3 is 9.88 Å². The molecule has 5 nitrogen and oxygen atoms in total. The third-order valence-corrected chi connectivity index (χ3v) is 4.38. The molecule has 0 saturated heterocycles. The molecule has 1 unspecified atom stereocenters. The molecule has 0 fully saturated rings. The van der Waals surface area contributed by atoms with Crippen molar-refractivity contribution in [1.82, 2.24) is 14.5 Å². The maximum atomic E-state index is 12.2. The summed E-state index contributed by atoms with van der Waals surface area (Å²) in [6.45, 7) is 0.495. The van der Waals surface area contributed by atoms with Gasteiger partial charge in [-0.25, -0.2) is 4.79 Å². The third kappa shape index (κ3) is 3.41. The molecule has 1 aromatic heterocycles. The Morgan fingerprint density at radius 2 is 1.79 bits per heavy atom. The van der Waals surface area contributed by atoms with Crippen LogP contribution in [0.4, 0.5) is 0 Å². The molecule has 2 aromatic carbocycles. The summed E-state index contributed by atoms with van der Waals surface area (Å²) in [7, 11) is 6.15. The lowest BCUT2D eigenvalue weighted by Crippen LogP contribution is -2.23. The summed E-state index contributed by atoms with van der Waals surface area (Å²) in [5.74, 6) is 0.0728. The fourth-order valence-electron chi connectivity index (χ4n) is 2.60. The average Bonchev–Trinajstić information content (AvgIpc) is 2.84. The van der Waals surface area contributed by atoms with E-state index in [4.69, 9.17) is 0 Å². The maximum absolute atomic E-state index is 12.2. The summed E-state index contributed by atoms with van der Waals surface area (Å²) in [4.78, 5) is 28.4. The second-order valence-corrected chi connectivity index (χ2v) is 6.74. The van der Waals surface area contributed by atoms with E-state index in [9.17, 15) is 9.59 Å². The number of likely N-dealkylation sites (N-methyl/N-ethyl adjacent to an activating group) is 1. The fourth-order valence-corrected chi connectivity index (χ4v) is 2.86. The summed E-state index contributed by atoms with van der Waals surface area (Å²) >= 11 is 0. The maximum Gasteiger partial charge on any atom is 0.326 e. The van der Waals surface area contributed by atoms with Crippen LogP contribution in [0.2, 0.25) is 0 Å². The molecule has 1 atom stereocenters. The van der Waals surface area contributed by atoms with Crippen LogP contribution in [0.3, 0.4) is 0 Å². The molecule has 0 bridgehead atoms. The summed E-state index contributed by atoms with van der Waals surface area (Å²) in [5, 5.41) is 1.03. The summed E-state index contributed by atoms with van der Waals surface area (Å²) in [6, 6.07) is 13.6. The van der Waals surface area contributed by atoms with Gasteiger partial charge in [-0.15, -0.1) is 9.24 Å². The van der Waals surface area contributed by atoms with Crippen LogP contribution >= 0.6 is 9.24 Å². The van der Waals surface area contributed by atoms with Gasteiger partial charge in [0.25, 0.3) is 0 Å². The van der Waals surface area contributed by atoms with Crippen molar-refractivity contribution < 1.29 is 4.79 Å². The second-order valence-electron chi connectivity index (χ2n) is 6.07. The number of imidazole rings is 1. The second kappa shape index (κ2) is 6.62. The zero-order valence-electron chi connectivity index (χ0n) is 13.7. The van der Waals surface area contributed by atoms with Crippen LogP contribution in [0.15, 0.2) is 47.3 Å². The molecule has 1 heterocycles. The Bertz CT molecular complexity index is 939. The number of aromatic amines is 1. The smallest absolute Gasteiger partial charge is 0.326 e. The largest absolute Gasteiger partial charge is 0.349 e. The van der Waals surface area contributed by atoms with E-state index in [1.807, 2.05) is 42.5 Å². The number of rotatable bonds is 4. The number of hydrogen-bond donors (Lipinski definition) is 1. The van der Waals surface area contributed by atoms with Crippen LogP contribution in [0.5, 0.6) is 0 Å². The average molecular weight is 341 g/mol. The monoisotopic (exact) mass is 341 g/mol. The number of amides is 1. The number of aromatic nitrogens is 2. The fraction of sp³-hybridized carbons (Fsp3) is 0.222. The van der Waals surface area contributed by atoms with E-state index in [0.717, 1.165) is 27.5 Å².